The van der Waals surface area contributed by atoms with Crippen molar-refractivity contribution in [2.24, 2.45) is 0 Å². The standard InChI is InChI=1S/C34H56N6.6ClH/c1-35-19-7-9-21-37-23-11-13-25-39-27-33-29-15-3-5-17-31(29)34(32-18-6-4-16-30(32)33)28-40-26-14-12-24-38-22-10-8-20-36-2;;;;;;/h3-6,15-18,35-40H,7-14,19-28H2,1-2H3;6*1H. The molecule has 0 saturated heterocycles. The molecule has 0 aliphatic carbocycles. The quantitative estimate of drug-likeness (QED) is 0.0421. The Morgan fingerprint density at radius 2 is 0.587 bits per heavy atom. The van der Waals surface area contributed by atoms with Gasteiger partial charge in [-0.25, -0.2) is 0 Å². The average molecular weight is 768 g/mol. The second-order valence-electron chi connectivity index (χ2n) is 10.9. The smallest absolute Gasteiger partial charge is 0.0217 e. The van der Waals surface area contributed by atoms with E-state index in [4.69, 9.17) is 0 Å². The van der Waals surface area contributed by atoms with Crippen molar-refractivity contribution in [1.29, 1.82) is 0 Å². The summed E-state index contributed by atoms with van der Waals surface area (Å²) in [6.07, 6.45) is 9.84. The van der Waals surface area contributed by atoms with Gasteiger partial charge in [-0.1, -0.05) is 48.5 Å². The number of halogens is 6. The first-order valence-electron chi connectivity index (χ1n) is 15.9. The van der Waals surface area contributed by atoms with Gasteiger partial charge in [-0.05, 0) is 150 Å². The van der Waals surface area contributed by atoms with E-state index in [9.17, 15) is 0 Å². The Hall–Kier alpha value is -0.320. The molecular formula is C34H62Cl6N6. The van der Waals surface area contributed by atoms with E-state index in [1.54, 1.807) is 0 Å². The number of unbranched alkanes of at least 4 members (excludes halogenated alkanes) is 4. The predicted octanol–water partition coefficient (Wildman–Crippen LogP) is 7.44. The van der Waals surface area contributed by atoms with Gasteiger partial charge in [0, 0.05) is 13.1 Å². The van der Waals surface area contributed by atoms with E-state index >= 15 is 0 Å². The first-order valence-corrected chi connectivity index (χ1v) is 15.9. The maximum atomic E-state index is 3.75. The van der Waals surface area contributed by atoms with Crippen LogP contribution >= 0.6 is 74.4 Å². The number of hydrogen-bond donors (Lipinski definition) is 6. The average Bonchev–Trinajstić information content (AvgIpc) is 2.99. The summed E-state index contributed by atoms with van der Waals surface area (Å²) >= 11 is 0. The first-order chi connectivity index (χ1) is 19.9. The number of benzene rings is 3. The third kappa shape index (κ3) is 19.6. The van der Waals surface area contributed by atoms with E-state index in [0.29, 0.717) is 0 Å². The Morgan fingerprint density at radius 1 is 0.348 bits per heavy atom. The lowest BCUT2D eigenvalue weighted by Crippen LogP contribution is -2.21. The van der Waals surface area contributed by atoms with Crippen LogP contribution in [0, 0.1) is 0 Å². The third-order valence-electron chi connectivity index (χ3n) is 7.73. The van der Waals surface area contributed by atoms with Crippen LogP contribution in [0.5, 0.6) is 0 Å². The van der Waals surface area contributed by atoms with Crippen molar-refractivity contribution in [1.82, 2.24) is 31.9 Å². The van der Waals surface area contributed by atoms with Crippen molar-refractivity contribution >= 4 is 96.0 Å². The zero-order valence-electron chi connectivity index (χ0n) is 27.8. The molecule has 6 nitrogen and oxygen atoms in total. The summed E-state index contributed by atoms with van der Waals surface area (Å²) < 4.78 is 0. The van der Waals surface area contributed by atoms with Crippen molar-refractivity contribution in [3.63, 3.8) is 0 Å². The van der Waals surface area contributed by atoms with Gasteiger partial charge in [0.25, 0.3) is 0 Å². The van der Waals surface area contributed by atoms with Gasteiger partial charge in [-0.15, -0.1) is 74.4 Å². The van der Waals surface area contributed by atoms with Gasteiger partial charge < -0.3 is 31.9 Å². The van der Waals surface area contributed by atoms with E-state index in [2.05, 4.69) is 80.4 Å². The van der Waals surface area contributed by atoms with Gasteiger partial charge in [0.2, 0.25) is 0 Å². The van der Waals surface area contributed by atoms with Gasteiger partial charge in [0.05, 0.1) is 0 Å². The Balaban J connectivity index is -0.00000147. The van der Waals surface area contributed by atoms with Crippen LogP contribution in [0.4, 0.5) is 0 Å². The lowest BCUT2D eigenvalue weighted by molar-refractivity contribution is 0.562. The van der Waals surface area contributed by atoms with Crippen molar-refractivity contribution < 1.29 is 0 Å². The summed E-state index contributed by atoms with van der Waals surface area (Å²) in [6.45, 7) is 10.6. The van der Waals surface area contributed by atoms with Crippen LogP contribution in [0.15, 0.2) is 48.5 Å². The van der Waals surface area contributed by atoms with E-state index in [1.807, 2.05) is 14.1 Å². The van der Waals surface area contributed by atoms with Crippen LogP contribution in [0.3, 0.4) is 0 Å². The van der Waals surface area contributed by atoms with Gasteiger partial charge in [-0.2, -0.15) is 0 Å². The summed E-state index contributed by atoms with van der Waals surface area (Å²) in [5.74, 6) is 0. The fourth-order valence-corrected chi connectivity index (χ4v) is 5.47. The molecule has 270 valence electrons. The maximum absolute atomic E-state index is 3.75. The summed E-state index contributed by atoms with van der Waals surface area (Å²) in [4.78, 5) is 0. The van der Waals surface area contributed by atoms with E-state index in [-0.39, 0.29) is 74.4 Å². The lowest BCUT2D eigenvalue weighted by atomic mass is 9.91. The molecule has 0 atom stereocenters. The minimum Gasteiger partial charge on any atom is -0.320 e. The molecule has 6 N–H and O–H groups in total. The van der Waals surface area contributed by atoms with E-state index < -0.39 is 0 Å². The van der Waals surface area contributed by atoms with Crippen LogP contribution in [0.2, 0.25) is 0 Å². The molecule has 0 radical (unpaired) electrons. The topological polar surface area (TPSA) is 72.2 Å². The summed E-state index contributed by atoms with van der Waals surface area (Å²) in [5.41, 5.74) is 2.86. The minimum absolute atomic E-state index is 0. The molecule has 0 unspecified atom stereocenters. The molecule has 0 heterocycles. The Labute approximate surface area is 316 Å². The van der Waals surface area contributed by atoms with Crippen LogP contribution in [0.1, 0.15) is 62.5 Å². The maximum Gasteiger partial charge on any atom is 0.0217 e. The van der Waals surface area contributed by atoms with Crippen LogP contribution in [0.25, 0.3) is 21.5 Å². The van der Waals surface area contributed by atoms with Crippen molar-refractivity contribution in [3.05, 3.63) is 59.7 Å². The predicted molar refractivity (Wildman–Crippen MR) is 219 cm³/mol. The van der Waals surface area contributed by atoms with Gasteiger partial charge in [-0.3, -0.25) is 0 Å². The molecule has 0 aromatic heterocycles. The molecule has 46 heavy (non-hydrogen) atoms. The molecule has 0 fully saturated rings. The van der Waals surface area contributed by atoms with Crippen LogP contribution in [-0.4, -0.2) is 66.5 Å². The molecule has 0 amide bonds. The fourth-order valence-electron chi connectivity index (χ4n) is 5.47. The van der Waals surface area contributed by atoms with Crippen molar-refractivity contribution in [2.45, 2.75) is 64.5 Å². The zero-order valence-corrected chi connectivity index (χ0v) is 32.7. The second kappa shape index (κ2) is 34.5. The highest BCUT2D eigenvalue weighted by Gasteiger charge is 2.13. The highest BCUT2D eigenvalue weighted by Crippen LogP contribution is 2.33. The monoisotopic (exact) mass is 764 g/mol. The SMILES string of the molecule is CNCCCCNCCCCNCc1c2ccccc2c(CNCCCCNCCCCNC)c2ccccc12.Cl.Cl.Cl.Cl.Cl.Cl. The normalized spacial score (nSPS) is 10.1. The number of rotatable bonds is 24. The molecule has 3 aromatic carbocycles. The highest BCUT2D eigenvalue weighted by molar-refractivity contribution is 6.05. The Bertz CT molecular complexity index is 954. The molecular weight excluding hydrogens is 705 g/mol. The summed E-state index contributed by atoms with van der Waals surface area (Å²) in [7, 11) is 4.04. The lowest BCUT2D eigenvalue weighted by Gasteiger charge is -2.18. The third-order valence-corrected chi connectivity index (χ3v) is 7.73. The van der Waals surface area contributed by atoms with Gasteiger partial charge in [0.1, 0.15) is 0 Å². The summed E-state index contributed by atoms with van der Waals surface area (Å²) in [6, 6.07) is 18.0. The molecule has 3 aromatic rings. The number of nitrogens with one attached hydrogen (secondary N) is 6. The summed E-state index contributed by atoms with van der Waals surface area (Å²) in [5, 5.41) is 26.6. The highest BCUT2D eigenvalue weighted by atomic mass is 35.5. The Kier molecular flexibility index (Phi) is 39.4. The minimum atomic E-state index is 0. The fraction of sp³-hybridized carbons (Fsp3) is 0.588. The molecule has 12 heteroatoms. The van der Waals surface area contributed by atoms with Crippen LogP contribution in [-0.2, 0) is 13.1 Å². The molecule has 0 spiro atoms. The van der Waals surface area contributed by atoms with Gasteiger partial charge in [0.15, 0.2) is 0 Å². The second-order valence-corrected chi connectivity index (χ2v) is 10.9. The first kappa shape index (κ1) is 52.5. The molecule has 0 bridgehead atoms. The van der Waals surface area contributed by atoms with Crippen LogP contribution < -0.4 is 31.9 Å². The zero-order chi connectivity index (χ0) is 28.1. The largest absolute Gasteiger partial charge is 0.320 e. The van der Waals surface area contributed by atoms with E-state index in [0.717, 1.165) is 65.4 Å². The number of hydrogen-bond acceptors (Lipinski definition) is 6. The Morgan fingerprint density at radius 3 is 0.848 bits per heavy atom. The molecule has 0 saturated carbocycles. The van der Waals surface area contributed by atoms with Gasteiger partial charge >= 0.3 is 0 Å². The number of fused-ring (bicyclic) bond motifs is 2. The molecule has 0 aliphatic rings. The molecule has 0 aliphatic heterocycles. The molecule has 3 rings (SSSR count). The van der Waals surface area contributed by atoms with Crippen molar-refractivity contribution in [2.75, 3.05) is 66.5 Å². The van der Waals surface area contributed by atoms with Crippen molar-refractivity contribution in [3.8, 4) is 0 Å². The van der Waals surface area contributed by atoms with E-state index in [1.165, 1.54) is 84.0 Å².